The predicted molar refractivity (Wildman–Crippen MR) is 131 cm³/mol. The number of anilines is 2. The molecule has 0 aliphatic carbocycles. The van der Waals surface area contributed by atoms with E-state index in [-0.39, 0.29) is 11.5 Å². The monoisotopic (exact) mass is 487 g/mol. The van der Waals surface area contributed by atoms with Gasteiger partial charge in [-0.05, 0) is 60.2 Å². The van der Waals surface area contributed by atoms with Crippen molar-refractivity contribution in [1.29, 1.82) is 0 Å². The molecule has 1 aromatic heterocycles. The second-order valence-electron chi connectivity index (χ2n) is 7.02. The summed E-state index contributed by atoms with van der Waals surface area (Å²) in [6.07, 6.45) is 1.70. The molecule has 158 valence electrons. The molecule has 0 radical (unpaired) electrons. The molecule has 0 fully saturated rings. The molecule has 32 heavy (non-hydrogen) atoms. The molecule has 4 rings (SSSR count). The highest BCUT2D eigenvalue weighted by Crippen LogP contribution is 2.23. The SMILES string of the molecule is C=Cc1ccc(C(=O)Nc2cccc3[nH]c(=O)c(C(=O)Nc4ccc(Br)cc4)cc23)cc1. The summed E-state index contributed by atoms with van der Waals surface area (Å²) in [5.74, 6) is -0.850. The van der Waals surface area contributed by atoms with Crippen LogP contribution in [0.2, 0.25) is 0 Å². The van der Waals surface area contributed by atoms with E-state index in [1.165, 1.54) is 6.07 Å². The number of carbonyl (C=O) groups is 2. The molecular formula is C25H18BrN3O3. The van der Waals surface area contributed by atoms with Gasteiger partial charge in [0.05, 0.1) is 11.2 Å². The Kier molecular flexibility index (Phi) is 6.00. The summed E-state index contributed by atoms with van der Waals surface area (Å²) in [7, 11) is 0. The summed E-state index contributed by atoms with van der Waals surface area (Å²) < 4.78 is 0.874. The quantitative estimate of drug-likeness (QED) is 0.350. The zero-order valence-corrected chi connectivity index (χ0v) is 18.4. The Morgan fingerprint density at radius 2 is 1.62 bits per heavy atom. The van der Waals surface area contributed by atoms with Crippen molar-refractivity contribution < 1.29 is 9.59 Å². The maximum absolute atomic E-state index is 12.7. The number of amides is 2. The smallest absolute Gasteiger partial charge is 0.261 e. The van der Waals surface area contributed by atoms with E-state index in [0.29, 0.717) is 27.8 Å². The van der Waals surface area contributed by atoms with Crippen molar-refractivity contribution in [3.05, 3.63) is 111 Å². The largest absolute Gasteiger partial charge is 0.322 e. The first kappa shape index (κ1) is 21.3. The summed E-state index contributed by atoms with van der Waals surface area (Å²) in [5, 5.41) is 6.11. The third-order valence-electron chi connectivity index (χ3n) is 4.89. The Morgan fingerprint density at radius 3 is 2.31 bits per heavy atom. The normalized spacial score (nSPS) is 10.5. The highest BCUT2D eigenvalue weighted by Gasteiger charge is 2.15. The minimum atomic E-state index is -0.545. The number of rotatable bonds is 5. The van der Waals surface area contributed by atoms with Gasteiger partial charge in [-0.1, -0.05) is 46.8 Å². The number of pyridine rings is 1. The summed E-state index contributed by atoms with van der Waals surface area (Å²) >= 11 is 3.34. The van der Waals surface area contributed by atoms with Gasteiger partial charge >= 0.3 is 0 Å². The molecule has 3 aromatic carbocycles. The summed E-state index contributed by atoms with van der Waals surface area (Å²) in [6, 6.07) is 20.7. The number of hydrogen-bond donors (Lipinski definition) is 3. The molecular weight excluding hydrogens is 470 g/mol. The van der Waals surface area contributed by atoms with Crippen molar-refractivity contribution in [1.82, 2.24) is 4.98 Å². The fourth-order valence-corrected chi connectivity index (χ4v) is 3.47. The zero-order chi connectivity index (χ0) is 22.7. The maximum Gasteiger partial charge on any atom is 0.261 e. The van der Waals surface area contributed by atoms with Crippen LogP contribution in [-0.4, -0.2) is 16.8 Å². The molecule has 6 nitrogen and oxygen atoms in total. The molecule has 4 aromatic rings. The second-order valence-corrected chi connectivity index (χ2v) is 7.94. The standard InChI is InChI=1S/C25H18BrN3O3/c1-2-15-6-8-16(9-7-15)23(30)28-21-4-3-5-22-19(21)14-20(25(32)29-22)24(31)27-18-12-10-17(26)11-13-18/h2-14H,1H2,(H,27,31)(H,28,30)(H,29,32). The third kappa shape index (κ3) is 4.53. The van der Waals surface area contributed by atoms with Crippen molar-refractivity contribution in [3.8, 4) is 0 Å². The Morgan fingerprint density at radius 1 is 0.906 bits per heavy atom. The van der Waals surface area contributed by atoms with Crippen molar-refractivity contribution in [3.63, 3.8) is 0 Å². The molecule has 0 aliphatic rings. The van der Waals surface area contributed by atoms with Crippen LogP contribution >= 0.6 is 15.9 Å². The Balaban J connectivity index is 1.66. The van der Waals surface area contributed by atoms with Crippen LogP contribution in [0.1, 0.15) is 26.3 Å². The molecule has 0 bridgehead atoms. The van der Waals surface area contributed by atoms with E-state index in [4.69, 9.17) is 0 Å². The van der Waals surface area contributed by atoms with E-state index in [2.05, 4.69) is 38.1 Å². The average molecular weight is 488 g/mol. The van der Waals surface area contributed by atoms with Gasteiger partial charge in [0.1, 0.15) is 5.56 Å². The fourth-order valence-electron chi connectivity index (χ4n) is 3.20. The number of aromatic amines is 1. The van der Waals surface area contributed by atoms with Gasteiger partial charge in [-0.15, -0.1) is 0 Å². The number of H-pyrrole nitrogens is 1. The number of aromatic nitrogens is 1. The first-order chi connectivity index (χ1) is 15.4. The van der Waals surface area contributed by atoms with Crippen LogP contribution in [0.25, 0.3) is 17.0 Å². The third-order valence-corrected chi connectivity index (χ3v) is 5.42. The molecule has 3 N–H and O–H groups in total. The molecule has 0 unspecified atom stereocenters. The first-order valence-corrected chi connectivity index (χ1v) is 10.5. The van der Waals surface area contributed by atoms with E-state index in [1.54, 1.807) is 72.8 Å². The maximum atomic E-state index is 12.7. The van der Waals surface area contributed by atoms with Gasteiger partial charge in [0.25, 0.3) is 17.4 Å². The Hall–Kier alpha value is -3.97. The van der Waals surface area contributed by atoms with Gasteiger partial charge in [-0.3, -0.25) is 14.4 Å². The fraction of sp³-hybridized carbons (Fsp3) is 0. The first-order valence-electron chi connectivity index (χ1n) is 9.71. The number of fused-ring (bicyclic) bond motifs is 1. The summed E-state index contributed by atoms with van der Waals surface area (Å²) in [4.78, 5) is 40.7. The Labute approximate surface area is 192 Å². The van der Waals surface area contributed by atoms with Crippen LogP contribution in [0.3, 0.4) is 0 Å². The molecule has 0 saturated heterocycles. The minimum absolute atomic E-state index is 0.0579. The highest BCUT2D eigenvalue weighted by molar-refractivity contribution is 9.10. The van der Waals surface area contributed by atoms with E-state index < -0.39 is 11.5 Å². The van der Waals surface area contributed by atoms with Gasteiger partial charge in [0.2, 0.25) is 0 Å². The lowest BCUT2D eigenvalue weighted by Crippen LogP contribution is -2.23. The van der Waals surface area contributed by atoms with Crippen LogP contribution in [0.15, 0.2) is 88.6 Å². The average Bonchev–Trinajstić information content (AvgIpc) is 2.80. The van der Waals surface area contributed by atoms with Gasteiger partial charge in [0, 0.05) is 21.1 Å². The van der Waals surface area contributed by atoms with E-state index in [0.717, 1.165) is 10.0 Å². The van der Waals surface area contributed by atoms with Crippen molar-refractivity contribution in [2.45, 2.75) is 0 Å². The van der Waals surface area contributed by atoms with Crippen LogP contribution in [0, 0.1) is 0 Å². The molecule has 0 aliphatic heterocycles. The number of halogens is 1. The minimum Gasteiger partial charge on any atom is -0.322 e. The lowest BCUT2D eigenvalue weighted by molar-refractivity contribution is 0.101. The molecule has 1 heterocycles. The van der Waals surface area contributed by atoms with Crippen LogP contribution in [0.4, 0.5) is 11.4 Å². The summed E-state index contributed by atoms with van der Waals surface area (Å²) in [6.45, 7) is 3.70. The molecule has 0 atom stereocenters. The van der Waals surface area contributed by atoms with Crippen molar-refractivity contribution in [2.75, 3.05) is 10.6 Å². The van der Waals surface area contributed by atoms with Crippen LogP contribution in [0.5, 0.6) is 0 Å². The lowest BCUT2D eigenvalue weighted by atomic mass is 10.1. The van der Waals surface area contributed by atoms with E-state index in [1.807, 2.05) is 0 Å². The van der Waals surface area contributed by atoms with E-state index >= 15 is 0 Å². The predicted octanol–water partition coefficient (Wildman–Crippen LogP) is 5.44. The van der Waals surface area contributed by atoms with Crippen molar-refractivity contribution >= 4 is 56.1 Å². The zero-order valence-electron chi connectivity index (χ0n) is 16.8. The molecule has 0 saturated carbocycles. The summed E-state index contributed by atoms with van der Waals surface area (Å²) in [5.41, 5.74) is 2.36. The second kappa shape index (κ2) is 9.03. The van der Waals surface area contributed by atoms with Gasteiger partial charge in [0.15, 0.2) is 0 Å². The lowest BCUT2D eigenvalue weighted by Gasteiger charge is -2.11. The molecule has 7 heteroatoms. The number of carbonyl (C=O) groups excluding carboxylic acids is 2. The van der Waals surface area contributed by atoms with Gasteiger partial charge < -0.3 is 15.6 Å². The topological polar surface area (TPSA) is 91.1 Å². The highest BCUT2D eigenvalue weighted by atomic mass is 79.9. The number of benzene rings is 3. The van der Waals surface area contributed by atoms with Crippen LogP contribution in [-0.2, 0) is 0 Å². The molecule has 0 spiro atoms. The van der Waals surface area contributed by atoms with Crippen LogP contribution < -0.4 is 16.2 Å². The molecule has 2 amide bonds. The Bertz CT molecular complexity index is 1390. The van der Waals surface area contributed by atoms with E-state index in [9.17, 15) is 14.4 Å². The van der Waals surface area contributed by atoms with Gasteiger partial charge in [-0.2, -0.15) is 0 Å². The number of nitrogens with one attached hydrogen (secondary N) is 3. The van der Waals surface area contributed by atoms with Crippen molar-refractivity contribution in [2.24, 2.45) is 0 Å². The van der Waals surface area contributed by atoms with Gasteiger partial charge in [-0.25, -0.2) is 0 Å². The number of hydrogen-bond acceptors (Lipinski definition) is 3.